The second kappa shape index (κ2) is 13.7. The standard InChI is InChI=1S/C24H46N2O4/c1-6-26-14-8-9-20(26)17-25-24(27)21-10-7-11-22(28-5)23(21)30-16-13-19(4)12-15-29-18(2)3/h11,18-21,23-25,27H,6-10,12-17H2,1-5H3. The van der Waals surface area contributed by atoms with Crippen molar-refractivity contribution in [1.82, 2.24) is 10.2 Å². The molecule has 0 spiro atoms. The minimum absolute atomic E-state index is 0.0148. The molecule has 6 nitrogen and oxygen atoms in total. The predicted octanol–water partition coefficient (Wildman–Crippen LogP) is 3.55. The van der Waals surface area contributed by atoms with E-state index < -0.39 is 6.23 Å². The summed E-state index contributed by atoms with van der Waals surface area (Å²) in [7, 11) is 1.70. The highest BCUT2D eigenvalue weighted by atomic mass is 16.5. The molecule has 1 aliphatic heterocycles. The van der Waals surface area contributed by atoms with Crippen molar-refractivity contribution < 1.29 is 19.3 Å². The van der Waals surface area contributed by atoms with Crippen molar-refractivity contribution in [2.24, 2.45) is 11.8 Å². The molecule has 30 heavy (non-hydrogen) atoms. The van der Waals surface area contributed by atoms with Crippen molar-refractivity contribution >= 4 is 0 Å². The van der Waals surface area contributed by atoms with Crippen LogP contribution in [-0.2, 0) is 14.2 Å². The molecule has 0 saturated carbocycles. The van der Waals surface area contributed by atoms with Crippen molar-refractivity contribution in [1.29, 1.82) is 0 Å². The number of hydrogen-bond donors (Lipinski definition) is 2. The number of hydrogen-bond acceptors (Lipinski definition) is 6. The summed E-state index contributed by atoms with van der Waals surface area (Å²) >= 11 is 0. The molecule has 0 amide bonds. The number of aliphatic hydroxyl groups is 1. The molecule has 1 heterocycles. The Labute approximate surface area is 184 Å². The SMILES string of the molecule is CCN1CCCC1CNC(O)C1CCC=C(OC)C1OCCC(C)CCOC(C)C. The minimum Gasteiger partial charge on any atom is -0.499 e. The van der Waals surface area contributed by atoms with Crippen LogP contribution in [0.4, 0.5) is 0 Å². The van der Waals surface area contributed by atoms with Crippen LogP contribution in [0.15, 0.2) is 11.8 Å². The summed E-state index contributed by atoms with van der Waals surface area (Å²) in [4.78, 5) is 2.50. The Morgan fingerprint density at radius 2 is 1.97 bits per heavy atom. The lowest BCUT2D eigenvalue weighted by molar-refractivity contribution is -0.0622. The van der Waals surface area contributed by atoms with E-state index in [1.807, 2.05) is 0 Å². The number of likely N-dealkylation sites (tertiary alicyclic amines) is 1. The number of aliphatic hydroxyl groups excluding tert-OH is 1. The van der Waals surface area contributed by atoms with Crippen LogP contribution < -0.4 is 5.32 Å². The highest BCUT2D eigenvalue weighted by Crippen LogP contribution is 2.30. The van der Waals surface area contributed by atoms with Gasteiger partial charge in [-0.25, -0.2) is 0 Å². The molecule has 1 fully saturated rings. The fourth-order valence-corrected chi connectivity index (χ4v) is 4.62. The first-order valence-electron chi connectivity index (χ1n) is 12.1. The van der Waals surface area contributed by atoms with Gasteiger partial charge >= 0.3 is 0 Å². The van der Waals surface area contributed by atoms with E-state index in [1.54, 1.807) is 7.11 Å². The first-order valence-corrected chi connectivity index (χ1v) is 12.1. The number of likely N-dealkylation sites (N-methyl/N-ethyl adjacent to an activating group) is 1. The Morgan fingerprint density at radius 1 is 1.20 bits per heavy atom. The van der Waals surface area contributed by atoms with E-state index in [-0.39, 0.29) is 18.1 Å². The van der Waals surface area contributed by atoms with Crippen molar-refractivity contribution in [3.63, 3.8) is 0 Å². The number of allylic oxidation sites excluding steroid dienone is 1. The average molecular weight is 427 g/mol. The monoisotopic (exact) mass is 426 g/mol. The molecule has 2 aliphatic rings. The quantitative estimate of drug-likeness (QED) is 0.414. The topological polar surface area (TPSA) is 63.2 Å². The van der Waals surface area contributed by atoms with Crippen LogP contribution in [0.1, 0.15) is 66.2 Å². The molecule has 2 rings (SSSR count). The number of methoxy groups -OCH3 is 1. The van der Waals surface area contributed by atoms with E-state index in [2.05, 4.69) is 44.0 Å². The van der Waals surface area contributed by atoms with Gasteiger partial charge in [-0.1, -0.05) is 13.8 Å². The molecule has 5 unspecified atom stereocenters. The maximum atomic E-state index is 10.9. The van der Waals surface area contributed by atoms with E-state index in [9.17, 15) is 5.11 Å². The molecule has 1 aliphatic carbocycles. The van der Waals surface area contributed by atoms with Gasteiger partial charge in [0.15, 0.2) is 0 Å². The van der Waals surface area contributed by atoms with Gasteiger partial charge in [-0.3, -0.25) is 10.2 Å². The van der Waals surface area contributed by atoms with Crippen LogP contribution in [0.5, 0.6) is 0 Å². The van der Waals surface area contributed by atoms with Crippen LogP contribution in [0.25, 0.3) is 0 Å². The first kappa shape index (κ1) is 25.6. The number of ether oxygens (including phenoxy) is 3. The third-order valence-corrected chi connectivity index (χ3v) is 6.59. The Morgan fingerprint density at radius 3 is 2.67 bits per heavy atom. The molecular weight excluding hydrogens is 380 g/mol. The normalized spacial score (nSPS) is 27.3. The molecule has 6 heteroatoms. The van der Waals surface area contributed by atoms with Gasteiger partial charge in [0, 0.05) is 31.7 Å². The molecule has 2 N–H and O–H groups in total. The van der Waals surface area contributed by atoms with Crippen molar-refractivity contribution in [3.05, 3.63) is 11.8 Å². The van der Waals surface area contributed by atoms with Gasteiger partial charge in [0.25, 0.3) is 0 Å². The smallest absolute Gasteiger partial charge is 0.121 e. The van der Waals surface area contributed by atoms with Gasteiger partial charge in [-0.15, -0.1) is 0 Å². The van der Waals surface area contributed by atoms with Gasteiger partial charge in [0.2, 0.25) is 0 Å². The second-order valence-electron chi connectivity index (χ2n) is 9.22. The second-order valence-corrected chi connectivity index (χ2v) is 9.22. The van der Waals surface area contributed by atoms with Crippen LogP contribution >= 0.6 is 0 Å². The zero-order chi connectivity index (χ0) is 21.9. The molecule has 0 aromatic rings. The maximum absolute atomic E-state index is 10.9. The maximum Gasteiger partial charge on any atom is 0.121 e. The Kier molecular flexibility index (Phi) is 11.7. The lowest BCUT2D eigenvalue weighted by Crippen LogP contribution is -2.49. The summed E-state index contributed by atoms with van der Waals surface area (Å²) in [6, 6.07) is 0.527. The van der Waals surface area contributed by atoms with Gasteiger partial charge in [0.1, 0.15) is 18.1 Å². The van der Waals surface area contributed by atoms with Gasteiger partial charge in [-0.05, 0) is 77.5 Å². The van der Waals surface area contributed by atoms with E-state index >= 15 is 0 Å². The van der Waals surface area contributed by atoms with Crippen LogP contribution in [-0.4, -0.2) is 74.4 Å². The van der Waals surface area contributed by atoms with E-state index in [0.29, 0.717) is 18.6 Å². The summed E-state index contributed by atoms with van der Waals surface area (Å²) in [5, 5.41) is 14.4. The van der Waals surface area contributed by atoms with Crippen LogP contribution in [0.2, 0.25) is 0 Å². The van der Waals surface area contributed by atoms with Gasteiger partial charge < -0.3 is 19.3 Å². The highest BCUT2D eigenvalue weighted by molar-refractivity contribution is 5.08. The average Bonchev–Trinajstić information content (AvgIpc) is 3.19. The lowest BCUT2D eigenvalue weighted by Gasteiger charge is -2.36. The number of rotatable bonds is 14. The van der Waals surface area contributed by atoms with Crippen molar-refractivity contribution in [2.45, 2.75) is 90.7 Å². The van der Waals surface area contributed by atoms with Crippen molar-refractivity contribution in [2.75, 3.05) is 40.0 Å². The van der Waals surface area contributed by atoms with Gasteiger partial charge in [-0.2, -0.15) is 0 Å². The van der Waals surface area contributed by atoms with E-state index in [1.165, 1.54) is 19.4 Å². The van der Waals surface area contributed by atoms with Crippen LogP contribution in [0, 0.1) is 11.8 Å². The minimum atomic E-state index is -0.579. The zero-order valence-corrected chi connectivity index (χ0v) is 19.9. The molecule has 0 radical (unpaired) electrons. The summed E-state index contributed by atoms with van der Waals surface area (Å²) in [6.45, 7) is 13.2. The number of nitrogens with zero attached hydrogens (tertiary/aromatic N) is 1. The van der Waals surface area contributed by atoms with Gasteiger partial charge in [0.05, 0.1) is 13.2 Å². The Bertz CT molecular complexity index is 500. The molecule has 0 aromatic carbocycles. The van der Waals surface area contributed by atoms with E-state index in [0.717, 1.165) is 51.1 Å². The molecular formula is C24H46N2O4. The zero-order valence-electron chi connectivity index (χ0n) is 19.9. The fraction of sp³-hybridized carbons (Fsp3) is 0.917. The summed E-state index contributed by atoms with van der Waals surface area (Å²) in [5.74, 6) is 1.42. The summed E-state index contributed by atoms with van der Waals surface area (Å²) < 4.78 is 17.6. The van der Waals surface area contributed by atoms with Crippen molar-refractivity contribution in [3.8, 4) is 0 Å². The highest BCUT2D eigenvalue weighted by Gasteiger charge is 2.35. The van der Waals surface area contributed by atoms with E-state index in [4.69, 9.17) is 14.2 Å². The lowest BCUT2D eigenvalue weighted by atomic mass is 9.88. The number of nitrogens with one attached hydrogen (secondary N) is 1. The largest absolute Gasteiger partial charge is 0.499 e. The molecule has 0 aromatic heterocycles. The fourth-order valence-electron chi connectivity index (χ4n) is 4.62. The summed E-state index contributed by atoms with van der Waals surface area (Å²) in [6.07, 6.45) is 7.95. The van der Waals surface area contributed by atoms with Crippen LogP contribution in [0.3, 0.4) is 0 Å². The molecule has 1 saturated heterocycles. The predicted molar refractivity (Wildman–Crippen MR) is 121 cm³/mol. The Balaban J connectivity index is 1.82. The summed E-state index contributed by atoms with van der Waals surface area (Å²) in [5.41, 5.74) is 0. The Hall–Kier alpha value is -0.660. The first-order chi connectivity index (χ1) is 14.5. The molecule has 176 valence electrons. The molecule has 5 atom stereocenters. The molecule has 0 bridgehead atoms. The third-order valence-electron chi connectivity index (χ3n) is 6.59. The third kappa shape index (κ3) is 8.12.